The molecule has 0 bridgehead atoms. The molecular weight excluding hydrogens is 312 g/mol. The molecule has 1 heterocycles. The third-order valence-corrected chi connectivity index (χ3v) is 6.27. The summed E-state index contributed by atoms with van der Waals surface area (Å²) in [5, 5.41) is 2.91. The van der Waals surface area contributed by atoms with E-state index in [1.54, 1.807) is 0 Å². The molecule has 0 radical (unpaired) electrons. The zero-order valence-corrected chi connectivity index (χ0v) is 14.9. The minimum absolute atomic E-state index is 0.0550. The number of amides is 1. The fourth-order valence-electron chi connectivity index (χ4n) is 2.68. The number of hydrogen-bond donors (Lipinski definition) is 1. The Morgan fingerprint density at radius 1 is 1.35 bits per heavy atom. The monoisotopic (exact) mass is 338 g/mol. The number of carbonyl (C=O) groups is 1. The van der Waals surface area contributed by atoms with Gasteiger partial charge in [-0.3, -0.25) is 9.10 Å². The van der Waals surface area contributed by atoms with Gasteiger partial charge in [0, 0.05) is 19.5 Å². The summed E-state index contributed by atoms with van der Waals surface area (Å²) in [7, 11) is -3.18. The quantitative estimate of drug-likeness (QED) is 0.867. The highest BCUT2D eigenvalue weighted by Gasteiger charge is 2.33. The average molecular weight is 338 g/mol. The van der Waals surface area contributed by atoms with Crippen molar-refractivity contribution in [3.05, 3.63) is 29.8 Å². The summed E-state index contributed by atoms with van der Waals surface area (Å²) in [4.78, 5) is 11.8. The number of benzene rings is 1. The molecule has 1 aromatic rings. The van der Waals surface area contributed by atoms with Gasteiger partial charge in [-0.05, 0) is 29.5 Å². The molecular formula is C17H26N2O3S. The second-order valence-electron chi connectivity index (χ2n) is 6.58. The van der Waals surface area contributed by atoms with Gasteiger partial charge >= 0.3 is 0 Å². The molecule has 1 fully saturated rings. The Bertz CT molecular complexity index is 640. The summed E-state index contributed by atoms with van der Waals surface area (Å²) in [6, 6.07) is 7.37. The highest BCUT2D eigenvalue weighted by atomic mass is 32.2. The first-order chi connectivity index (χ1) is 10.8. The van der Waals surface area contributed by atoms with Crippen LogP contribution in [0, 0.1) is 11.8 Å². The van der Waals surface area contributed by atoms with Gasteiger partial charge in [-0.15, -0.1) is 0 Å². The maximum absolute atomic E-state index is 12.1. The summed E-state index contributed by atoms with van der Waals surface area (Å²) in [6.07, 6.45) is 1.53. The molecule has 1 aliphatic heterocycles. The van der Waals surface area contributed by atoms with Crippen LogP contribution in [0.15, 0.2) is 24.3 Å². The van der Waals surface area contributed by atoms with Gasteiger partial charge in [-0.25, -0.2) is 8.42 Å². The topological polar surface area (TPSA) is 66.5 Å². The summed E-state index contributed by atoms with van der Waals surface area (Å²) < 4.78 is 25.6. The van der Waals surface area contributed by atoms with Crippen LogP contribution in [0.4, 0.5) is 5.69 Å². The van der Waals surface area contributed by atoms with Crippen LogP contribution in [0.25, 0.3) is 0 Å². The number of rotatable bonds is 6. The summed E-state index contributed by atoms with van der Waals surface area (Å²) in [6.45, 7) is 7.08. The van der Waals surface area contributed by atoms with E-state index in [-0.39, 0.29) is 17.6 Å². The van der Waals surface area contributed by atoms with Gasteiger partial charge in [0.25, 0.3) is 0 Å². The van der Waals surface area contributed by atoms with Crippen LogP contribution in [0.2, 0.25) is 0 Å². The van der Waals surface area contributed by atoms with E-state index < -0.39 is 10.0 Å². The lowest BCUT2D eigenvalue weighted by molar-refractivity contribution is -0.122. The third-order valence-electron chi connectivity index (χ3n) is 4.25. The van der Waals surface area contributed by atoms with Crippen LogP contribution in [0.5, 0.6) is 0 Å². The fourth-order valence-corrected chi connectivity index (χ4v) is 4.61. The molecule has 1 N–H and O–H groups in total. The Morgan fingerprint density at radius 3 is 2.52 bits per heavy atom. The van der Waals surface area contributed by atoms with Crippen molar-refractivity contribution in [3.8, 4) is 0 Å². The van der Waals surface area contributed by atoms with E-state index in [1.165, 1.54) is 4.31 Å². The zero-order chi connectivity index (χ0) is 17.0. The summed E-state index contributed by atoms with van der Waals surface area (Å²) in [5.74, 6) is 0.805. The molecule has 1 aromatic carbocycles. The lowest BCUT2D eigenvalue weighted by Crippen LogP contribution is -2.26. The molecule has 1 aliphatic rings. The lowest BCUT2D eigenvalue weighted by Gasteiger charge is -2.17. The number of nitrogens with one attached hydrogen (secondary N) is 1. The van der Waals surface area contributed by atoms with Crippen molar-refractivity contribution in [2.75, 3.05) is 16.6 Å². The fraction of sp³-hybridized carbons (Fsp3) is 0.588. The Balaban J connectivity index is 1.94. The largest absolute Gasteiger partial charge is 0.352 e. The molecule has 0 spiro atoms. The molecule has 6 heteroatoms. The van der Waals surface area contributed by atoms with Gasteiger partial charge in [-0.2, -0.15) is 0 Å². The predicted molar refractivity (Wildman–Crippen MR) is 92.7 cm³/mol. The minimum atomic E-state index is -3.18. The Morgan fingerprint density at radius 2 is 2.00 bits per heavy atom. The Kier molecular flexibility index (Phi) is 5.68. The molecule has 1 amide bonds. The molecule has 2 rings (SSSR count). The maximum Gasteiger partial charge on any atom is 0.235 e. The van der Waals surface area contributed by atoms with Gasteiger partial charge in [-0.1, -0.05) is 39.3 Å². The van der Waals surface area contributed by atoms with E-state index in [1.807, 2.05) is 31.2 Å². The number of sulfonamides is 1. The van der Waals surface area contributed by atoms with E-state index >= 15 is 0 Å². The molecule has 0 aliphatic carbocycles. The molecule has 0 unspecified atom stereocenters. The van der Waals surface area contributed by atoms with Gasteiger partial charge in [0.05, 0.1) is 11.4 Å². The summed E-state index contributed by atoms with van der Waals surface area (Å²) in [5.41, 5.74) is 1.67. The Hall–Kier alpha value is -1.56. The number of hydrogen-bond acceptors (Lipinski definition) is 3. The normalized spacial score (nSPS) is 21.2. The first kappa shape index (κ1) is 17.8. The highest BCUT2D eigenvalue weighted by Crippen LogP contribution is 2.26. The summed E-state index contributed by atoms with van der Waals surface area (Å²) >= 11 is 0. The second kappa shape index (κ2) is 7.34. The van der Waals surface area contributed by atoms with E-state index in [4.69, 9.17) is 0 Å². The standard InChI is InChI=1S/C17H26N2O3S/c1-4-13(2)9-17(20)18-10-15-5-7-16(8-6-15)19-11-14(3)12-23(19,21)22/h5-8,13-14H,4,9-12H2,1-3H3,(H,18,20)/t13-,14+/m0/s1. The first-order valence-corrected chi connectivity index (χ1v) is 9.78. The van der Waals surface area contributed by atoms with E-state index in [9.17, 15) is 13.2 Å². The SMILES string of the molecule is CC[C@H](C)CC(=O)NCc1ccc(N2C[C@@H](C)CS2(=O)=O)cc1. The van der Waals surface area contributed by atoms with Gasteiger partial charge in [0.15, 0.2) is 0 Å². The van der Waals surface area contributed by atoms with E-state index in [2.05, 4.69) is 19.2 Å². The lowest BCUT2D eigenvalue weighted by atomic mass is 10.1. The second-order valence-corrected chi connectivity index (χ2v) is 8.51. The predicted octanol–water partition coefficient (Wildman–Crippen LogP) is 2.52. The van der Waals surface area contributed by atoms with Crippen molar-refractivity contribution < 1.29 is 13.2 Å². The number of anilines is 1. The number of nitrogens with zero attached hydrogens (tertiary/aromatic N) is 1. The van der Waals surface area contributed by atoms with Crippen molar-refractivity contribution in [2.24, 2.45) is 11.8 Å². The van der Waals surface area contributed by atoms with Crippen molar-refractivity contribution in [3.63, 3.8) is 0 Å². The average Bonchev–Trinajstić information content (AvgIpc) is 2.78. The van der Waals surface area contributed by atoms with Crippen LogP contribution < -0.4 is 9.62 Å². The Labute approximate surface area is 139 Å². The minimum Gasteiger partial charge on any atom is -0.352 e. The smallest absolute Gasteiger partial charge is 0.235 e. The van der Waals surface area contributed by atoms with Crippen LogP contribution in [0.3, 0.4) is 0 Å². The van der Waals surface area contributed by atoms with Crippen molar-refractivity contribution in [2.45, 2.75) is 40.2 Å². The zero-order valence-electron chi connectivity index (χ0n) is 14.1. The van der Waals surface area contributed by atoms with Crippen molar-refractivity contribution in [1.29, 1.82) is 0 Å². The van der Waals surface area contributed by atoms with Gasteiger partial charge in [0.1, 0.15) is 0 Å². The maximum atomic E-state index is 12.1. The van der Waals surface area contributed by atoms with Crippen LogP contribution in [-0.4, -0.2) is 26.6 Å². The molecule has 0 aromatic heterocycles. The molecule has 1 saturated heterocycles. The highest BCUT2D eigenvalue weighted by molar-refractivity contribution is 7.93. The van der Waals surface area contributed by atoms with Crippen molar-refractivity contribution >= 4 is 21.6 Å². The molecule has 0 saturated carbocycles. The van der Waals surface area contributed by atoms with Gasteiger partial charge in [0.2, 0.25) is 15.9 Å². The van der Waals surface area contributed by atoms with E-state index in [0.717, 1.165) is 12.0 Å². The van der Waals surface area contributed by atoms with Crippen LogP contribution in [-0.2, 0) is 21.4 Å². The van der Waals surface area contributed by atoms with Crippen molar-refractivity contribution in [1.82, 2.24) is 5.32 Å². The third kappa shape index (κ3) is 4.70. The molecule has 2 atom stereocenters. The molecule has 128 valence electrons. The van der Waals surface area contributed by atoms with Crippen LogP contribution >= 0.6 is 0 Å². The van der Waals surface area contributed by atoms with Gasteiger partial charge < -0.3 is 5.32 Å². The molecule has 5 nitrogen and oxygen atoms in total. The molecule has 23 heavy (non-hydrogen) atoms. The first-order valence-electron chi connectivity index (χ1n) is 8.18. The van der Waals surface area contributed by atoms with Crippen LogP contribution in [0.1, 0.15) is 39.2 Å². The number of carbonyl (C=O) groups excluding carboxylic acids is 1. The van der Waals surface area contributed by atoms with E-state index in [0.29, 0.717) is 31.1 Å².